The third-order valence-electron chi connectivity index (χ3n) is 7.94. The van der Waals surface area contributed by atoms with Gasteiger partial charge in [-0.25, -0.2) is 4.39 Å². The highest BCUT2D eigenvalue weighted by Crippen LogP contribution is 2.34. The maximum Gasteiger partial charge on any atom is 0.269 e. The van der Waals surface area contributed by atoms with Gasteiger partial charge in [-0.05, 0) is 72.9 Å². The Bertz CT molecular complexity index is 1750. The maximum absolute atomic E-state index is 14.6. The second-order valence-electron chi connectivity index (χ2n) is 10.6. The topological polar surface area (TPSA) is 136 Å². The van der Waals surface area contributed by atoms with Gasteiger partial charge < -0.3 is 16.0 Å². The van der Waals surface area contributed by atoms with Gasteiger partial charge in [0, 0.05) is 23.1 Å². The van der Waals surface area contributed by atoms with Crippen LogP contribution in [0.25, 0.3) is 27.6 Å². The van der Waals surface area contributed by atoms with Crippen molar-refractivity contribution in [2.45, 2.75) is 45.4 Å². The molecule has 2 aliphatic rings. The SMILES string of the molecule is CC1=C(C)c2cc(NC(=O)C3CC(F)CN3C(=O)Cn3nc(C(N)=O)c4cc(-c5ccnnc5)ccc43)ccc2C1. The minimum atomic E-state index is -1.34. The zero-order valence-corrected chi connectivity index (χ0v) is 22.6. The number of nitrogens with zero attached hydrogens (tertiary/aromatic N) is 5. The highest BCUT2D eigenvalue weighted by molar-refractivity contribution is 6.05. The number of fused-ring (bicyclic) bond motifs is 2. The number of allylic oxidation sites excluding steroid dienone is 2. The van der Waals surface area contributed by atoms with E-state index in [9.17, 15) is 18.8 Å². The van der Waals surface area contributed by atoms with E-state index < -0.39 is 29.9 Å². The fourth-order valence-corrected chi connectivity index (χ4v) is 5.68. The van der Waals surface area contributed by atoms with Crippen LogP contribution in [-0.2, 0) is 22.6 Å². The molecule has 10 nitrogen and oxygen atoms in total. The Hall–Kier alpha value is -4.93. The molecule has 1 saturated heterocycles. The molecule has 2 unspecified atom stereocenters. The normalized spacial score (nSPS) is 18.2. The molecule has 0 saturated carbocycles. The summed E-state index contributed by atoms with van der Waals surface area (Å²) in [6.45, 7) is 3.64. The van der Waals surface area contributed by atoms with Crippen molar-refractivity contribution in [3.8, 4) is 11.1 Å². The first-order valence-corrected chi connectivity index (χ1v) is 13.3. The summed E-state index contributed by atoms with van der Waals surface area (Å²) < 4.78 is 16.0. The standard InChI is InChI=1S/C30H28FN7O3/c1-16-9-19-3-5-22(12-23(19)17(16)2)35-30(41)26-11-21(31)14-37(26)27(39)15-38-25-6-4-18(20-7-8-33-34-13-20)10-24(25)28(36-38)29(32)40/h3-8,10,12-13,21,26H,9,11,14-15H2,1-2H3,(H2,32,40)(H,35,41). The molecule has 3 heterocycles. The summed E-state index contributed by atoms with van der Waals surface area (Å²) in [6.07, 6.45) is 2.59. The predicted molar refractivity (Wildman–Crippen MR) is 151 cm³/mol. The molecular weight excluding hydrogens is 525 g/mol. The Morgan fingerprint density at radius 2 is 1.90 bits per heavy atom. The second kappa shape index (κ2) is 10.2. The van der Waals surface area contributed by atoms with Gasteiger partial charge in [0.25, 0.3) is 5.91 Å². The van der Waals surface area contributed by atoms with E-state index in [4.69, 9.17) is 5.73 Å². The molecule has 2 aromatic heterocycles. The number of aromatic nitrogens is 4. The maximum atomic E-state index is 14.6. The summed E-state index contributed by atoms with van der Waals surface area (Å²) in [5.74, 6) is -1.69. The zero-order chi connectivity index (χ0) is 28.8. The predicted octanol–water partition coefficient (Wildman–Crippen LogP) is 3.52. The van der Waals surface area contributed by atoms with E-state index in [0.29, 0.717) is 16.6 Å². The minimum Gasteiger partial charge on any atom is -0.364 e. The summed E-state index contributed by atoms with van der Waals surface area (Å²) in [5.41, 5.74) is 13.0. The molecule has 1 aliphatic heterocycles. The second-order valence-corrected chi connectivity index (χ2v) is 10.6. The number of hydrogen-bond acceptors (Lipinski definition) is 6. The van der Waals surface area contributed by atoms with E-state index >= 15 is 0 Å². The van der Waals surface area contributed by atoms with Crippen LogP contribution in [0.15, 0.2) is 60.4 Å². The van der Waals surface area contributed by atoms with Gasteiger partial charge in [-0.15, -0.1) is 0 Å². The Kier molecular flexibility index (Phi) is 6.56. The Morgan fingerprint density at radius 3 is 2.66 bits per heavy atom. The van der Waals surface area contributed by atoms with Crippen LogP contribution >= 0.6 is 0 Å². The molecule has 208 valence electrons. The number of amides is 3. The van der Waals surface area contributed by atoms with Gasteiger partial charge >= 0.3 is 0 Å². The van der Waals surface area contributed by atoms with Crippen LogP contribution in [0.2, 0.25) is 0 Å². The van der Waals surface area contributed by atoms with Gasteiger partial charge in [-0.2, -0.15) is 15.3 Å². The Morgan fingerprint density at radius 1 is 1.07 bits per heavy atom. The molecule has 41 heavy (non-hydrogen) atoms. The monoisotopic (exact) mass is 553 g/mol. The summed E-state index contributed by atoms with van der Waals surface area (Å²) in [4.78, 5) is 40.2. The van der Waals surface area contributed by atoms with E-state index in [1.54, 1.807) is 30.6 Å². The van der Waals surface area contributed by atoms with Gasteiger partial charge in [0.15, 0.2) is 5.69 Å². The number of carbonyl (C=O) groups is 3. The van der Waals surface area contributed by atoms with Crippen molar-refractivity contribution in [1.29, 1.82) is 0 Å². The van der Waals surface area contributed by atoms with Crippen molar-refractivity contribution >= 4 is 39.9 Å². The van der Waals surface area contributed by atoms with Crippen molar-refractivity contribution in [2.75, 3.05) is 11.9 Å². The van der Waals surface area contributed by atoms with Crippen molar-refractivity contribution in [1.82, 2.24) is 24.9 Å². The molecule has 0 bridgehead atoms. The molecule has 3 N–H and O–H groups in total. The smallest absolute Gasteiger partial charge is 0.269 e. The van der Waals surface area contributed by atoms with E-state index in [1.165, 1.54) is 26.3 Å². The lowest BCUT2D eigenvalue weighted by atomic mass is 10.0. The van der Waals surface area contributed by atoms with Gasteiger partial charge in [0.2, 0.25) is 11.8 Å². The number of halogens is 1. The summed E-state index contributed by atoms with van der Waals surface area (Å²) in [5, 5.41) is 15.3. The van der Waals surface area contributed by atoms with Crippen molar-refractivity contribution in [3.63, 3.8) is 0 Å². The highest BCUT2D eigenvalue weighted by Gasteiger charge is 2.40. The number of hydrogen-bond donors (Lipinski definition) is 2. The highest BCUT2D eigenvalue weighted by atomic mass is 19.1. The lowest BCUT2D eigenvalue weighted by Gasteiger charge is -2.24. The van der Waals surface area contributed by atoms with Crippen molar-refractivity contribution in [2.24, 2.45) is 5.73 Å². The molecule has 11 heteroatoms. The van der Waals surface area contributed by atoms with Crippen LogP contribution in [-0.4, -0.2) is 61.4 Å². The molecular formula is C30H28FN7O3. The van der Waals surface area contributed by atoms with Gasteiger partial charge in [0.05, 0.1) is 24.5 Å². The van der Waals surface area contributed by atoms with E-state index in [1.807, 2.05) is 24.3 Å². The largest absolute Gasteiger partial charge is 0.364 e. The zero-order valence-electron chi connectivity index (χ0n) is 22.6. The summed E-state index contributed by atoms with van der Waals surface area (Å²) >= 11 is 0. The third kappa shape index (κ3) is 4.83. The Balaban J connectivity index is 1.24. The van der Waals surface area contributed by atoms with Crippen LogP contribution in [0.5, 0.6) is 0 Å². The molecule has 2 atom stereocenters. The average Bonchev–Trinajstić information content (AvgIpc) is 3.62. The summed E-state index contributed by atoms with van der Waals surface area (Å²) in [7, 11) is 0. The number of carbonyl (C=O) groups excluding carboxylic acids is 3. The lowest BCUT2D eigenvalue weighted by molar-refractivity contribution is -0.137. The lowest BCUT2D eigenvalue weighted by Crippen LogP contribution is -2.44. The Labute approximate surface area is 235 Å². The molecule has 0 spiro atoms. The van der Waals surface area contributed by atoms with Crippen molar-refractivity contribution in [3.05, 3.63) is 77.3 Å². The van der Waals surface area contributed by atoms with Gasteiger partial charge in [0.1, 0.15) is 18.8 Å². The first-order valence-electron chi connectivity index (χ1n) is 13.3. The number of likely N-dealkylation sites (tertiary alicyclic amines) is 1. The van der Waals surface area contributed by atoms with Gasteiger partial charge in [-0.1, -0.05) is 17.7 Å². The molecule has 3 amide bonds. The number of anilines is 1. The van der Waals surface area contributed by atoms with E-state index in [0.717, 1.165) is 23.1 Å². The molecule has 1 aliphatic carbocycles. The first kappa shape index (κ1) is 26.3. The number of rotatable bonds is 6. The first-order chi connectivity index (χ1) is 19.7. The van der Waals surface area contributed by atoms with E-state index in [-0.39, 0.29) is 25.2 Å². The fourth-order valence-electron chi connectivity index (χ4n) is 5.68. The van der Waals surface area contributed by atoms with E-state index in [2.05, 4.69) is 34.5 Å². The molecule has 0 radical (unpaired) electrons. The number of alkyl halides is 1. The quantitative estimate of drug-likeness (QED) is 0.375. The fraction of sp³-hybridized carbons (Fsp3) is 0.267. The number of nitrogens with one attached hydrogen (secondary N) is 1. The van der Waals surface area contributed by atoms with Crippen molar-refractivity contribution < 1.29 is 18.8 Å². The molecule has 4 aromatic rings. The average molecular weight is 554 g/mol. The molecule has 6 rings (SSSR count). The van der Waals surface area contributed by atoms with Crippen LogP contribution in [0, 0.1) is 0 Å². The van der Waals surface area contributed by atoms with Crippen LogP contribution in [0.3, 0.4) is 0 Å². The third-order valence-corrected chi connectivity index (χ3v) is 7.94. The minimum absolute atomic E-state index is 0.00642. The van der Waals surface area contributed by atoms with Gasteiger partial charge in [-0.3, -0.25) is 19.1 Å². The summed E-state index contributed by atoms with van der Waals surface area (Å²) in [6, 6.07) is 11.8. The number of nitrogens with two attached hydrogens (primary N) is 1. The van der Waals surface area contributed by atoms with Crippen LogP contribution in [0.1, 0.15) is 41.9 Å². The number of primary amides is 1. The molecule has 2 aromatic carbocycles. The molecule has 1 fully saturated rings. The van der Waals surface area contributed by atoms with Crippen LogP contribution < -0.4 is 11.1 Å². The van der Waals surface area contributed by atoms with Crippen LogP contribution in [0.4, 0.5) is 10.1 Å². The number of benzene rings is 2.